The molecule has 0 amide bonds. The normalized spacial score (nSPS) is 13.7. The van der Waals surface area contributed by atoms with Crippen LogP contribution in [0.3, 0.4) is 0 Å². The minimum atomic E-state index is -0.816. The molecule has 7 heteroatoms. The number of benzene rings is 1. The highest BCUT2D eigenvalue weighted by Crippen LogP contribution is 2.31. The number of pyridine rings is 1. The zero-order valence-electron chi connectivity index (χ0n) is 19.5. The predicted molar refractivity (Wildman–Crippen MR) is 127 cm³/mol. The van der Waals surface area contributed by atoms with Crippen LogP contribution in [0.15, 0.2) is 24.3 Å². The Morgan fingerprint density at radius 3 is 2.58 bits per heavy atom. The van der Waals surface area contributed by atoms with Crippen molar-refractivity contribution in [2.75, 3.05) is 25.5 Å². The molecule has 0 saturated heterocycles. The third-order valence-electron chi connectivity index (χ3n) is 5.37. The summed E-state index contributed by atoms with van der Waals surface area (Å²) in [5.41, 5.74) is 8.39. The standard InChI is InChI=1S/C24H38N4O3/c1-16(8-7-13-26-19(23(29)30)9-6-12-25)27-20-15-18(31-5)14-17-10-11-21(24(2,3)4)28-22(17)20/h10-11,14-16,19,26-27H,6-9,12-13,25H2,1-5H3,(H,29,30). The number of hydrogen-bond donors (Lipinski definition) is 4. The Morgan fingerprint density at radius 1 is 1.23 bits per heavy atom. The summed E-state index contributed by atoms with van der Waals surface area (Å²) in [6.07, 6.45) is 3.02. The summed E-state index contributed by atoms with van der Waals surface area (Å²) in [5.74, 6) is -0.0263. The second kappa shape index (κ2) is 11.3. The zero-order valence-corrected chi connectivity index (χ0v) is 19.5. The summed E-state index contributed by atoms with van der Waals surface area (Å²) in [6.45, 7) is 9.76. The van der Waals surface area contributed by atoms with E-state index in [0.29, 0.717) is 25.9 Å². The molecule has 0 saturated carbocycles. The summed E-state index contributed by atoms with van der Waals surface area (Å²) in [7, 11) is 1.67. The Hall–Kier alpha value is -2.38. The van der Waals surface area contributed by atoms with Crippen LogP contribution in [0.4, 0.5) is 5.69 Å². The number of carbonyl (C=O) groups is 1. The van der Waals surface area contributed by atoms with Crippen molar-refractivity contribution < 1.29 is 14.6 Å². The van der Waals surface area contributed by atoms with Crippen LogP contribution in [-0.2, 0) is 10.2 Å². The molecule has 1 aromatic heterocycles. The number of nitrogens with two attached hydrogens (primary N) is 1. The number of fused-ring (bicyclic) bond motifs is 1. The molecule has 172 valence electrons. The molecule has 2 atom stereocenters. The van der Waals surface area contributed by atoms with Crippen LogP contribution in [0.1, 0.15) is 59.1 Å². The Balaban J connectivity index is 2.05. The maximum absolute atomic E-state index is 11.3. The van der Waals surface area contributed by atoms with E-state index in [4.69, 9.17) is 15.5 Å². The Bertz CT molecular complexity index is 864. The van der Waals surface area contributed by atoms with Gasteiger partial charge in [0, 0.05) is 28.6 Å². The van der Waals surface area contributed by atoms with Crippen molar-refractivity contribution in [3.8, 4) is 5.75 Å². The van der Waals surface area contributed by atoms with Gasteiger partial charge in [-0.25, -0.2) is 0 Å². The van der Waals surface area contributed by atoms with Crippen LogP contribution in [0.25, 0.3) is 10.9 Å². The number of aromatic nitrogens is 1. The summed E-state index contributed by atoms with van der Waals surface area (Å²) in [4.78, 5) is 16.3. The molecule has 5 N–H and O–H groups in total. The van der Waals surface area contributed by atoms with Crippen molar-refractivity contribution in [1.82, 2.24) is 10.3 Å². The first-order chi connectivity index (χ1) is 14.7. The first-order valence-electron chi connectivity index (χ1n) is 11.1. The number of nitrogens with one attached hydrogen (secondary N) is 2. The maximum Gasteiger partial charge on any atom is 0.320 e. The van der Waals surface area contributed by atoms with Crippen molar-refractivity contribution in [2.45, 2.75) is 70.9 Å². The number of anilines is 1. The molecule has 0 radical (unpaired) electrons. The molecule has 0 fully saturated rings. The molecule has 0 aliphatic carbocycles. The largest absolute Gasteiger partial charge is 0.497 e. The Morgan fingerprint density at radius 2 is 1.97 bits per heavy atom. The number of hydrogen-bond acceptors (Lipinski definition) is 6. The van der Waals surface area contributed by atoms with E-state index >= 15 is 0 Å². The van der Waals surface area contributed by atoms with Gasteiger partial charge in [0.05, 0.1) is 18.3 Å². The van der Waals surface area contributed by atoms with Gasteiger partial charge in [0.15, 0.2) is 0 Å². The molecular formula is C24H38N4O3. The fraction of sp³-hybridized carbons (Fsp3) is 0.583. The molecular weight excluding hydrogens is 392 g/mol. The quantitative estimate of drug-likeness (QED) is 0.378. The van der Waals surface area contributed by atoms with Crippen LogP contribution < -0.4 is 21.1 Å². The van der Waals surface area contributed by atoms with Crippen molar-refractivity contribution in [1.29, 1.82) is 0 Å². The minimum Gasteiger partial charge on any atom is -0.497 e. The molecule has 1 heterocycles. The van der Waals surface area contributed by atoms with Gasteiger partial charge in [-0.2, -0.15) is 0 Å². The fourth-order valence-electron chi connectivity index (χ4n) is 3.51. The number of nitrogens with zero attached hydrogens (tertiary/aromatic N) is 1. The lowest BCUT2D eigenvalue weighted by Gasteiger charge is -2.21. The highest BCUT2D eigenvalue weighted by molar-refractivity contribution is 5.92. The summed E-state index contributed by atoms with van der Waals surface area (Å²) in [5, 5.41) is 17.0. The first kappa shape index (κ1) is 24.9. The number of rotatable bonds is 12. The fourth-order valence-corrected chi connectivity index (χ4v) is 3.51. The molecule has 0 aliphatic heterocycles. The van der Waals surface area contributed by atoms with E-state index in [0.717, 1.165) is 40.9 Å². The van der Waals surface area contributed by atoms with Crippen LogP contribution in [0, 0.1) is 0 Å². The summed E-state index contributed by atoms with van der Waals surface area (Å²) < 4.78 is 5.48. The van der Waals surface area contributed by atoms with Gasteiger partial charge >= 0.3 is 5.97 Å². The van der Waals surface area contributed by atoms with Gasteiger partial charge in [-0.15, -0.1) is 0 Å². The molecule has 0 aliphatic rings. The Kier molecular flexibility index (Phi) is 9.07. The smallest absolute Gasteiger partial charge is 0.320 e. The number of carboxylic acid groups (broad SMARTS) is 1. The van der Waals surface area contributed by atoms with E-state index in [1.54, 1.807) is 7.11 Å². The summed E-state index contributed by atoms with van der Waals surface area (Å²) in [6, 6.07) is 7.83. The highest BCUT2D eigenvalue weighted by Gasteiger charge is 2.18. The van der Waals surface area contributed by atoms with Gasteiger partial charge in [-0.05, 0) is 57.8 Å². The molecule has 0 spiro atoms. The predicted octanol–water partition coefficient (Wildman–Crippen LogP) is 3.90. The van der Waals surface area contributed by atoms with Crippen LogP contribution in [0.5, 0.6) is 5.75 Å². The first-order valence-corrected chi connectivity index (χ1v) is 11.1. The van der Waals surface area contributed by atoms with Gasteiger partial charge < -0.3 is 26.2 Å². The van der Waals surface area contributed by atoms with Gasteiger partial charge in [0.25, 0.3) is 0 Å². The lowest BCUT2D eigenvalue weighted by atomic mass is 9.91. The van der Waals surface area contributed by atoms with E-state index in [-0.39, 0.29) is 11.5 Å². The van der Waals surface area contributed by atoms with Crippen LogP contribution >= 0.6 is 0 Å². The Labute approximate surface area is 185 Å². The maximum atomic E-state index is 11.3. The van der Waals surface area contributed by atoms with E-state index in [1.807, 2.05) is 12.1 Å². The van der Waals surface area contributed by atoms with Gasteiger partial charge in [0.1, 0.15) is 11.8 Å². The second-order valence-corrected chi connectivity index (χ2v) is 9.16. The number of methoxy groups -OCH3 is 1. The van der Waals surface area contributed by atoms with Gasteiger partial charge in [0.2, 0.25) is 0 Å². The van der Waals surface area contributed by atoms with Gasteiger partial charge in [-0.1, -0.05) is 26.8 Å². The number of ether oxygens (including phenoxy) is 1. The lowest BCUT2D eigenvalue weighted by molar-refractivity contribution is -0.139. The molecule has 31 heavy (non-hydrogen) atoms. The average molecular weight is 431 g/mol. The van der Waals surface area contributed by atoms with Crippen LogP contribution in [-0.4, -0.2) is 48.3 Å². The molecule has 1 aromatic carbocycles. The average Bonchev–Trinajstić information content (AvgIpc) is 2.71. The third kappa shape index (κ3) is 7.36. The molecule has 7 nitrogen and oxygen atoms in total. The second-order valence-electron chi connectivity index (χ2n) is 9.16. The molecule has 0 bridgehead atoms. The highest BCUT2D eigenvalue weighted by atomic mass is 16.5. The number of aliphatic carboxylic acids is 1. The molecule has 2 rings (SSSR count). The third-order valence-corrected chi connectivity index (χ3v) is 5.37. The molecule has 2 aromatic rings. The lowest BCUT2D eigenvalue weighted by Crippen LogP contribution is -2.37. The van der Waals surface area contributed by atoms with Crippen molar-refractivity contribution in [2.24, 2.45) is 5.73 Å². The van der Waals surface area contributed by atoms with Gasteiger partial charge in [-0.3, -0.25) is 9.78 Å². The zero-order chi connectivity index (χ0) is 23.0. The summed E-state index contributed by atoms with van der Waals surface area (Å²) >= 11 is 0. The topological polar surface area (TPSA) is 110 Å². The number of carboxylic acids is 1. The SMILES string of the molecule is COc1cc(NC(C)CCCNC(CCCN)C(=O)O)c2nc(C(C)(C)C)ccc2c1. The van der Waals surface area contributed by atoms with Crippen molar-refractivity contribution >= 4 is 22.6 Å². The van der Waals surface area contributed by atoms with E-state index in [1.165, 1.54) is 0 Å². The minimum absolute atomic E-state index is 0.0345. The van der Waals surface area contributed by atoms with E-state index < -0.39 is 12.0 Å². The monoisotopic (exact) mass is 430 g/mol. The van der Waals surface area contributed by atoms with E-state index in [9.17, 15) is 9.90 Å². The van der Waals surface area contributed by atoms with Crippen LogP contribution in [0.2, 0.25) is 0 Å². The van der Waals surface area contributed by atoms with E-state index in [2.05, 4.69) is 50.5 Å². The molecule has 2 unspecified atom stereocenters. The van der Waals surface area contributed by atoms with Crippen molar-refractivity contribution in [3.63, 3.8) is 0 Å². The van der Waals surface area contributed by atoms with Crippen molar-refractivity contribution in [3.05, 3.63) is 30.0 Å².